The molecule has 0 saturated carbocycles. The third-order valence-corrected chi connectivity index (χ3v) is 2.96. The predicted octanol–water partition coefficient (Wildman–Crippen LogP) is 1.62. The van der Waals surface area contributed by atoms with Gasteiger partial charge in [-0.1, -0.05) is 0 Å². The molecule has 1 aromatic rings. The summed E-state index contributed by atoms with van der Waals surface area (Å²) in [4.78, 5) is 0. The minimum absolute atomic E-state index is 0.0155. The fourth-order valence-electron chi connectivity index (χ4n) is 1.33. The van der Waals surface area contributed by atoms with E-state index in [1.165, 1.54) is 14.2 Å². The number of ether oxygens (including phenoxy) is 2. The lowest BCUT2D eigenvalue weighted by atomic mass is 10.2. The molecule has 0 unspecified atom stereocenters. The molecule has 0 aromatic heterocycles. The van der Waals surface area contributed by atoms with Crippen molar-refractivity contribution >= 4 is 19.7 Å². The number of phenols is 1. The number of hydrogen-bond acceptors (Lipinski definition) is 5. The molecule has 0 amide bonds. The molecule has 0 atom stereocenters. The van der Waals surface area contributed by atoms with Crippen molar-refractivity contribution in [2.75, 3.05) is 14.2 Å². The Balaban J connectivity index is 3.49. The van der Waals surface area contributed by atoms with Gasteiger partial charge in [0.1, 0.15) is 0 Å². The number of halogens is 2. The Kier molecular flexibility index (Phi) is 4.05. The van der Waals surface area contributed by atoms with Crippen LogP contribution >= 0.6 is 10.7 Å². The number of hydrogen-bond donors (Lipinski definition) is 1. The van der Waals surface area contributed by atoms with Gasteiger partial charge in [0.25, 0.3) is 0 Å². The Labute approximate surface area is 102 Å². The number of rotatable bonds is 4. The lowest BCUT2D eigenvalue weighted by Gasteiger charge is -2.13. The van der Waals surface area contributed by atoms with Crippen molar-refractivity contribution in [1.29, 1.82) is 0 Å². The van der Waals surface area contributed by atoms with Gasteiger partial charge in [-0.05, 0) is 0 Å². The maximum atomic E-state index is 13.6. The van der Waals surface area contributed by atoms with Crippen molar-refractivity contribution in [2.45, 2.75) is 5.75 Å². The van der Waals surface area contributed by atoms with Crippen LogP contribution in [0, 0.1) is 5.82 Å². The molecule has 96 valence electrons. The van der Waals surface area contributed by atoms with Gasteiger partial charge in [-0.25, -0.2) is 12.8 Å². The molecule has 0 spiro atoms. The van der Waals surface area contributed by atoms with E-state index < -0.39 is 26.4 Å². The topological polar surface area (TPSA) is 72.8 Å². The standard InChI is InChI=1S/C9H10ClFO5S/c1-15-7-3-6(12)8(11)5(9(7)16-2)4-17(10,13)14/h3,12H,4H2,1-2H3. The Morgan fingerprint density at radius 2 is 2.00 bits per heavy atom. The summed E-state index contributed by atoms with van der Waals surface area (Å²) in [6, 6.07) is 0.985. The van der Waals surface area contributed by atoms with Gasteiger partial charge in [0, 0.05) is 16.7 Å². The molecular formula is C9H10ClFO5S. The number of aromatic hydroxyl groups is 1. The van der Waals surface area contributed by atoms with E-state index in [0.717, 1.165) is 6.07 Å². The van der Waals surface area contributed by atoms with Crippen LogP contribution in [0.25, 0.3) is 0 Å². The summed E-state index contributed by atoms with van der Waals surface area (Å²) in [5.41, 5.74) is -0.376. The highest BCUT2D eigenvalue weighted by molar-refractivity contribution is 8.13. The van der Waals surface area contributed by atoms with E-state index in [1.807, 2.05) is 0 Å². The van der Waals surface area contributed by atoms with Crippen LogP contribution in [-0.2, 0) is 14.8 Å². The highest BCUT2D eigenvalue weighted by Gasteiger charge is 2.23. The monoisotopic (exact) mass is 284 g/mol. The molecule has 0 radical (unpaired) electrons. The van der Waals surface area contributed by atoms with Crippen LogP contribution in [0.2, 0.25) is 0 Å². The second kappa shape index (κ2) is 4.97. The first kappa shape index (κ1) is 13.9. The summed E-state index contributed by atoms with van der Waals surface area (Å²) in [5, 5.41) is 9.28. The highest BCUT2D eigenvalue weighted by atomic mass is 35.7. The van der Waals surface area contributed by atoms with Crippen molar-refractivity contribution in [3.05, 3.63) is 17.4 Å². The highest BCUT2D eigenvalue weighted by Crippen LogP contribution is 2.39. The molecule has 0 heterocycles. The molecule has 17 heavy (non-hydrogen) atoms. The first-order valence-electron chi connectivity index (χ1n) is 4.34. The van der Waals surface area contributed by atoms with Gasteiger partial charge in [0.15, 0.2) is 23.1 Å². The first-order valence-corrected chi connectivity index (χ1v) is 6.82. The van der Waals surface area contributed by atoms with Crippen LogP contribution in [0.5, 0.6) is 17.2 Å². The van der Waals surface area contributed by atoms with E-state index in [9.17, 15) is 17.9 Å². The van der Waals surface area contributed by atoms with E-state index in [1.54, 1.807) is 0 Å². The van der Waals surface area contributed by atoms with E-state index in [2.05, 4.69) is 0 Å². The zero-order chi connectivity index (χ0) is 13.2. The summed E-state index contributed by atoms with van der Waals surface area (Å²) in [6.07, 6.45) is 0. The normalized spacial score (nSPS) is 11.3. The quantitative estimate of drug-likeness (QED) is 0.851. The summed E-state index contributed by atoms with van der Waals surface area (Å²) in [6.45, 7) is 0. The van der Waals surface area contributed by atoms with E-state index in [0.29, 0.717) is 0 Å². The van der Waals surface area contributed by atoms with Gasteiger partial charge in [-0.15, -0.1) is 0 Å². The van der Waals surface area contributed by atoms with E-state index in [-0.39, 0.29) is 17.1 Å². The maximum absolute atomic E-state index is 13.6. The average molecular weight is 285 g/mol. The van der Waals surface area contributed by atoms with Crippen LogP contribution in [0.4, 0.5) is 4.39 Å². The molecule has 0 saturated heterocycles. The SMILES string of the molecule is COc1cc(O)c(F)c(CS(=O)(=O)Cl)c1OC. The minimum atomic E-state index is -3.99. The lowest BCUT2D eigenvalue weighted by Crippen LogP contribution is -2.04. The van der Waals surface area contributed by atoms with Crippen molar-refractivity contribution in [3.63, 3.8) is 0 Å². The zero-order valence-corrected chi connectivity index (χ0v) is 10.6. The van der Waals surface area contributed by atoms with Gasteiger partial charge in [-0.3, -0.25) is 0 Å². The van der Waals surface area contributed by atoms with Crippen molar-refractivity contribution in [1.82, 2.24) is 0 Å². The Morgan fingerprint density at radius 1 is 1.41 bits per heavy atom. The largest absolute Gasteiger partial charge is 0.505 e. The van der Waals surface area contributed by atoms with E-state index in [4.69, 9.17) is 20.2 Å². The zero-order valence-electron chi connectivity index (χ0n) is 9.03. The predicted molar refractivity (Wildman–Crippen MR) is 59.6 cm³/mol. The summed E-state index contributed by atoms with van der Waals surface area (Å²) in [7, 11) is 3.55. The third-order valence-electron chi connectivity index (χ3n) is 2.00. The molecule has 0 fully saturated rings. The van der Waals surface area contributed by atoms with E-state index >= 15 is 0 Å². The summed E-state index contributed by atoms with van der Waals surface area (Å²) in [5.74, 6) is -2.76. The number of phenolic OH excluding ortho intramolecular Hbond substituents is 1. The third kappa shape index (κ3) is 3.13. The fourth-order valence-corrected chi connectivity index (χ4v) is 2.26. The Bertz CT molecular complexity index is 529. The first-order chi connectivity index (χ1) is 7.80. The van der Waals surface area contributed by atoms with Gasteiger partial charge < -0.3 is 14.6 Å². The van der Waals surface area contributed by atoms with Crippen molar-refractivity contribution < 1.29 is 27.4 Å². The van der Waals surface area contributed by atoms with Crippen molar-refractivity contribution in [3.8, 4) is 17.2 Å². The van der Waals surface area contributed by atoms with Crippen molar-refractivity contribution in [2.24, 2.45) is 0 Å². The second-order valence-corrected chi connectivity index (χ2v) is 5.88. The second-order valence-electron chi connectivity index (χ2n) is 3.11. The Hall–Kier alpha value is -1.21. The molecule has 0 aliphatic heterocycles. The molecule has 0 aliphatic carbocycles. The van der Waals surface area contributed by atoms with Gasteiger partial charge in [-0.2, -0.15) is 0 Å². The number of benzene rings is 1. The number of methoxy groups -OCH3 is 2. The lowest BCUT2D eigenvalue weighted by molar-refractivity contribution is 0.341. The van der Waals surface area contributed by atoms with Gasteiger partial charge in [0.05, 0.1) is 25.5 Å². The smallest absolute Gasteiger partial charge is 0.237 e. The Morgan fingerprint density at radius 3 is 2.41 bits per heavy atom. The molecule has 1 N–H and O–H groups in total. The van der Waals surface area contributed by atoms with Crippen LogP contribution in [-0.4, -0.2) is 27.7 Å². The van der Waals surface area contributed by atoms with Gasteiger partial charge in [0.2, 0.25) is 9.05 Å². The van der Waals surface area contributed by atoms with Crippen LogP contribution < -0.4 is 9.47 Å². The average Bonchev–Trinajstić information content (AvgIpc) is 2.22. The molecule has 1 aromatic carbocycles. The molecule has 0 aliphatic rings. The summed E-state index contributed by atoms with van der Waals surface area (Å²) >= 11 is 0. The molecule has 0 bridgehead atoms. The maximum Gasteiger partial charge on any atom is 0.237 e. The molecule has 5 nitrogen and oxygen atoms in total. The molecule has 1 rings (SSSR count). The van der Waals surface area contributed by atoms with Crippen LogP contribution in [0.1, 0.15) is 5.56 Å². The van der Waals surface area contributed by atoms with Crippen LogP contribution in [0.3, 0.4) is 0 Å². The van der Waals surface area contributed by atoms with Gasteiger partial charge >= 0.3 is 0 Å². The fraction of sp³-hybridized carbons (Fsp3) is 0.333. The minimum Gasteiger partial charge on any atom is -0.505 e. The summed E-state index contributed by atoms with van der Waals surface area (Å²) < 4.78 is 45.2. The molecule has 8 heteroatoms. The van der Waals surface area contributed by atoms with Crippen LogP contribution in [0.15, 0.2) is 6.07 Å². The molecular weight excluding hydrogens is 275 g/mol.